The van der Waals surface area contributed by atoms with Gasteiger partial charge in [0.05, 0.1) is 20.7 Å². The van der Waals surface area contributed by atoms with Crippen molar-refractivity contribution in [3.63, 3.8) is 0 Å². The quantitative estimate of drug-likeness (QED) is 0.443. The number of sulfone groups is 1. The summed E-state index contributed by atoms with van der Waals surface area (Å²) in [6, 6.07) is 18.7. The maximum absolute atomic E-state index is 13.4. The molecule has 1 aliphatic rings. The number of benzene rings is 2. The predicted octanol–water partition coefficient (Wildman–Crippen LogP) is 5.53. The first-order valence-corrected chi connectivity index (χ1v) is 14.2. The Morgan fingerprint density at radius 1 is 0.848 bits per heavy atom. The van der Waals surface area contributed by atoms with Crippen LogP contribution >= 0.6 is 0 Å². The average Bonchev–Trinajstić information content (AvgIpc) is 3.50. The van der Waals surface area contributed by atoms with E-state index in [9.17, 15) is 16.8 Å². The molecule has 0 saturated heterocycles. The number of hydrogen-bond acceptors (Lipinski definition) is 4. The summed E-state index contributed by atoms with van der Waals surface area (Å²) in [5.41, 5.74) is 2.18. The standard InChI is InChI=1S/C26H29NO4S2/c1-20(2)32(28,29)23-16-14-22(15-17-23)25(19-21-9-6-7-10-21)26-13-8-18-27(26)33(30,31)24-11-4-3-5-12-24/h3-5,8,11-21H,6-7,9-10H2,1-2H3. The second-order valence-electron chi connectivity index (χ2n) is 8.75. The van der Waals surface area contributed by atoms with Gasteiger partial charge in [-0.2, -0.15) is 0 Å². The first-order valence-electron chi connectivity index (χ1n) is 11.3. The van der Waals surface area contributed by atoms with Gasteiger partial charge in [-0.1, -0.05) is 49.2 Å². The third-order valence-corrected chi connectivity index (χ3v) is 10.1. The van der Waals surface area contributed by atoms with Crippen LogP contribution in [0.3, 0.4) is 0 Å². The normalized spacial score (nSPS) is 15.9. The molecule has 1 heterocycles. The fourth-order valence-corrected chi connectivity index (χ4v) is 6.71. The molecule has 1 aliphatic carbocycles. The molecule has 174 valence electrons. The summed E-state index contributed by atoms with van der Waals surface area (Å²) in [4.78, 5) is 0.495. The Labute approximate surface area is 196 Å². The third-order valence-electron chi connectivity index (χ3n) is 6.21. The smallest absolute Gasteiger partial charge is 0.241 e. The number of rotatable bonds is 7. The molecule has 2 aromatic carbocycles. The van der Waals surface area contributed by atoms with Crippen LogP contribution in [-0.2, 0) is 19.9 Å². The van der Waals surface area contributed by atoms with Crippen LogP contribution in [0, 0.1) is 5.92 Å². The number of nitrogens with zero attached hydrogens (tertiary/aromatic N) is 1. The van der Waals surface area contributed by atoms with Gasteiger partial charge in [-0.05, 0) is 74.6 Å². The van der Waals surface area contributed by atoms with Gasteiger partial charge < -0.3 is 0 Å². The van der Waals surface area contributed by atoms with Crippen LogP contribution in [0.2, 0.25) is 0 Å². The van der Waals surface area contributed by atoms with Crippen LogP contribution in [0.15, 0.2) is 88.8 Å². The van der Waals surface area contributed by atoms with Crippen molar-refractivity contribution in [2.45, 2.75) is 54.6 Å². The monoisotopic (exact) mass is 483 g/mol. The maximum atomic E-state index is 13.4. The molecule has 7 heteroatoms. The van der Waals surface area contributed by atoms with Gasteiger partial charge in [0.2, 0.25) is 0 Å². The minimum absolute atomic E-state index is 0.223. The molecule has 4 rings (SSSR count). The lowest BCUT2D eigenvalue weighted by molar-refractivity contribution is 0.585. The molecule has 3 aromatic rings. The number of aromatic nitrogens is 1. The van der Waals surface area contributed by atoms with E-state index in [0.717, 1.165) is 36.8 Å². The Hall–Kier alpha value is -2.64. The van der Waals surface area contributed by atoms with Crippen molar-refractivity contribution in [3.05, 3.63) is 90.3 Å². The fourth-order valence-electron chi connectivity index (χ4n) is 4.28. The molecule has 0 spiro atoms. The van der Waals surface area contributed by atoms with Crippen molar-refractivity contribution < 1.29 is 16.8 Å². The van der Waals surface area contributed by atoms with Gasteiger partial charge in [0.25, 0.3) is 10.0 Å². The van der Waals surface area contributed by atoms with Gasteiger partial charge in [-0.3, -0.25) is 0 Å². The molecular formula is C26H29NO4S2. The summed E-state index contributed by atoms with van der Waals surface area (Å²) in [6.07, 6.45) is 8.17. The zero-order valence-electron chi connectivity index (χ0n) is 18.9. The molecule has 1 saturated carbocycles. The van der Waals surface area contributed by atoms with Gasteiger partial charge in [-0.25, -0.2) is 20.8 Å². The Balaban J connectivity index is 1.82. The summed E-state index contributed by atoms with van der Waals surface area (Å²) < 4.78 is 53.3. The number of hydrogen-bond donors (Lipinski definition) is 0. The van der Waals surface area contributed by atoms with Gasteiger partial charge in [0.15, 0.2) is 9.84 Å². The van der Waals surface area contributed by atoms with Crippen molar-refractivity contribution >= 4 is 25.4 Å². The van der Waals surface area contributed by atoms with Crippen molar-refractivity contribution in [2.24, 2.45) is 5.92 Å². The van der Waals surface area contributed by atoms with Crippen LogP contribution in [-0.4, -0.2) is 26.1 Å². The Morgan fingerprint density at radius 2 is 1.48 bits per heavy atom. The van der Waals surface area contributed by atoms with Crippen LogP contribution in [0.1, 0.15) is 50.8 Å². The summed E-state index contributed by atoms with van der Waals surface area (Å²) in [5, 5.41) is -0.509. The van der Waals surface area contributed by atoms with E-state index in [1.807, 2.05) is 0 Å². The lowest BCUT2D eigenvalue weighted by Gasteiger charge is -2.16. The highest BCUT2D eigenvalue weighted by atomic mass is 32.2. The molecule has 0 atom stereocenters. The highest BCUT2D eigenvalue weighted by molar-refractivity contribution is 7.92. The fraction of sp³-hybridized carbons (Fsp3) is 0.308. The summed E-state index contributed by atoms with van der Waals surface area (Å²) in [5.74, 6) is 0.363. The van der Waals surface area contributed by atoms with E-state index in [-0.39, 0.29) is 9.79 Å². The van der Waals surface area contributed by atoms with E-state index in [0.29, 0.717) is 11.6 Å². The van der Waals surface area contributed by atoms with Gasteiger partial charge in [0.1, 0.15) is 0 Å². The van der Waals surface area contributed by atoms with E-state index in [1.54, 1.807) is 86.8 Å². The van der Waals surface area contributed by atoms with Crippen molar-refractivity contribution in [1.29, 1.82) is 0 Å². The Morgan fingerprint density at radius 3 is 2.09 bits per heavy atom. The van der Waals surface area contributed by atoms with E-state index in [4.69, 9.17) is 0 Å². The van der Waals surface area contributed by atoms with Gasteiger partial charge >= 0.3 is 0 Å². The molecule has 0 aliphatic heterocycles. The molecule has 33 heavy (non-hydrogen) atoms. The number of allylic oxidation sites excluding steroid dienone is 1. The predicted molar refractivity (Wildman–Crippen MR) is 131 cm³/mol. The molecule has 1 aromatic heterocycles. The van der Waals surface area contributed by atoms with Crippen LogP contribution in [0.4, 0.5) is 0 Å². The maximum Gasteiger partial charge on any atom is 0.268 e. The molecule has 0 radical (unpaired) electrons. The first kappa shape index (κ1) is 23.5. The average molecular weight is 484 g/mol. The lowest BCUT2D eigenvalue weighted by Crippen LogP contribution is -2.15. The lowest BCUT2D eigenvalue weighted by atomic mass is 9.96. The molecule has 0 amide bonds. The van der Waals surface area contributed by atoms with E-state index in [2.05, 4.69) is 6.08 Å². The van der Waals surface area contributed by atoms with Crippen LogP contribution < -0.4 is 0 Å². The Kier molecular flexibility index (Phi) is 6.64. The summed E-state index contributed by atoms with van der Waals surface area (Å²) in [6.45, 7) is 3.33. The highest BCUT2D eigenvalue weighted by Crippen LogP contribution is 2.34. The topological polar surface area (TPSA) is 73.2 Å². The van der Waals surface area contributed by atoms with Gasteiger partial charge in [-0.15, -0.1) is 0 Å². The van der Waals surface area contributed by atoms with E-state index >= 15 is 0 Å². The highest BCUT2D eigenvalue weighted by Gasteiger charge is 2.24. The van der Waals surface area contributed by atoms with Gasteiger partial charge in [0, 0.05) is 11.8 Å². The summed E-state index contributed by atoms with van der Waals surface area (Å²) in [7, 11) is -7.16. The molecule has 0 unspecified atom stereocenters. The van der Waals surface area contributed by atoms with Crippen molar-refractivity contribution in [1.82, 2.24) is 3.97 Å². The van der Waals surface area contributed by atoms with Crippen LogP contribution in [0.5, 0.6) is 0 Å². The minimum Gasteiger partial charge on any atom is -0.241 e. The largest absolute Gasteiger partial charge is 0.268 e. The Bertz CT molecular complexity index is 1350. The second-order valence-corrected chi connectivity index (χ2v) is 13.1. The van der Waals surface area contributed by atoms with E-state index in [1.165, 1.54) is 3.97 Å². The zero-order valence-corrected chi connectivity index (χ0v) is 20.5. The molecule has 0 bridgehead atoms. The summed E-state index contributed by atoms with van der Waals surface area (Å²) >= 11 is 0. The second kappa shape index (κ2) is 9.31. The third kappa shape index (κ3) is 4.70. The van der Waals surface area contributed by atoms with E-state index < -0.39 is 25.1 Å². The van der Waals surface area contributed by atoms with Crippen molar-refractivity contribution in [2.75, 3.05) is 0 Å². The SMILES string of the molecule is CC(C)S(=O)(=O)c1ccc(C(=CC2CCCC2)c2cccn2S(=O)(=O)c2ccccc2)cc1. The molecule has 5 nitrogen and oxygen atoms in total. The van der Waals surface area contributed by atoms with Crippen LogP contribution in [0.25, 0.3) is 5.57 Å². The molecular weight excluding hydrogens is 454 g/mol. The minimum atomic E-state index is -3.78. The molecule has 1 fully saturated rings. The zero-order chi connectivity index (χ0) is 23.6. The first-order chi connectivity index (χ1) is 15.7. The molecule has 0 N–H and O–H groups in total. The van der Waals surface area contributed by atoms with Crippen molar-refractivity contribution in [3.8, 4) is 0 Å².